The van der Waals surface area contributed by atoms with Gasteiger partial charge in [0.15, 0.2) is 0 Å². The Morgan fingerprint density at radius 2 is 1.60 bits per heavy atom. The normalized spacial score (nSPS) is 25.3. The molecule has 0 aliphatic heterocycles. The lowest BCUT2D eigenvalue weighted by molar-refractivity contribution is -0.156. The highest BCUT2D eigenvalue weighted by atomic mass is 16.4. The van der Waals surface area contributed by atoms with E-state index >= 15 is 0 Å². The Labute approximate surface area is 91.5 Å². The topological polar surface area (TPSA) is 57.5 Å². The summed E-state index contributed by atoms with van der Waals surface area (Å²) in [5, 5.41) is 19.0. The van der Waals surface area contributed by atoms with E-state index < -0.39 is 17.5 Å². The predicted molar refractivity (Wildman–Crippen MR) is 58.6 cm³/mol. The minimum Gasteiger partial charge on any atom is -0.481 e. The van der Waals surface area contributed by atoms with Crippen LogP contribution in [0.15, 0.2) is 0 Å². The molecule has 88 valence electrons. The number of carboxylic acids is 1. The number of rotatable bonds is 3. The van der Waals surface area contributed by atoms with Crippen molar-refractivity contribution < 1.29 is 15.0 Å². The van der Waals surface area contributed by atoms with Gasteiger partial charge in [0.25, 0.3) is 0 Å². The summed E-state index contributed by atoms with van der Waals surface area (Å²) in [7, 11) is 0. The van der Waals surface area contributed by atoms with E-state index in [-0.39, 0.29) is 5.92 Å². The molecule has 2 unspecified atom stereocenters. The van der Waals surface area contributed by atoms with Crippen LogP contribution in [-0.2, 0) is 4.79 Å². The van der Waals surface area contributed by atoms with Crippen LogP contribution in [0, 0.1) is 11.3 Å². The van der Waals surface area contributed by atoms with E-state index in [1.165, 1.54) is 0 Å². The molecule has 2 atom stereocenters. The van der Waals surface area contributed by atoms with Crippen LogP contribution in [0.2, 0.25) is 0 Å². The second-order valence-electron chi connectivity index (χ2n) is 4.90. The molecule has 0 heterocycles. The maximum absolute atomic E-state index is 11.5. The largest absolute Gasteiger partial charge is 0.481 e. The molecule has 3 nitrogen and oxygen atoms in total. The molecule has 3 heteroatoms. The standard InChI is InChI=1S/C12H22O3/c1-9(10(2)13)12(11(14)15)7-5-3-4-6-8-12/h9-10,13H,3-8H2,1-2H3,(H,14,15). The SMILES string of the molecule is CC(O)C(C)C1(C(=O)O)CCCCCC1. The van der Waals surface area contributed by atoms with Crippen LogP contribution in [-0.4, -0.2) is 22.3 Å². The highest BCUT2D eigenvalue weighted by Crippen LogP contribution is 2.43. The third-order valence-electron chi connectivity index (χ3n) is 4.02. The molecule has 1 saturated carbocycles. The van der Waals surface area contributed by atoms with Crippen molar-refractivity contribution in [3.8, 4) is 0 Å². The number of aliphatic hydroxyl groups is 1. The average Bonchev–Trinajstić information content (AvgIpc) is 2.42. The fraction of sp³-hybridized carbons (Fsp3) is 0.917. The molecule has 0 amide bonds. The molecule has 1 aliphatic rings. The number of hydrogen-bond acceptors (Lipinski definition) is 2. The van der Waals surface area contributed by atoms with Crippen LogP contribution in [0.3, 0.4) is 0 Å². The minimum absolute atomic E-state index is 0.159. The first-order valence-electron chi connectivity index (χ1n) is 5.92. The Kier molecular flexibility index (Phi) is 4.14. The number of hydrogen-bond donors (Lipinski definition) is 2. The van der Waals surface area contributed by atoms with E-state index in [1.807, 2.05) is 6.92 Å². The molecule has 0 aromatic heterocycles. The molecule has 0 aromatic rings. The maximum Gasteiger partial charge on any atom is 0.310 e. The number of carboxylic acid groups (broad SMARTS) is 1. The van der Waals surface area contributed by atoms with Crippen molar-refractivity contribution in [3.05, 3.63) is 0 Å². The van der Waals surface area contributed by atoms with Crippen LogP contribution in [0.25, 0.3) is 0 Å². The van der Waals surface area contributed by atoms with Gasteiger partial charge in [-0.25, -0.2) is 0 Å². The molecule has 0 bridgehead atoms. The number of aliphatic hydroxyl groups excluding tert-OH is 1. The molecule has 1 fully saturated rings. The van der Waals surface area contributed by atoms with Gasteiger partial charge in [0.2, 0.25) is 0 Å². The summed E-state index contributed by atoms with van der Waals surface area (Å²) in [6, 6.07) is 0. The van der Waals surface area contributed by atoms with Crippen LogP contribution in [0.1, 0.15) is 52.4 Å². The average molecular weight is 214 g/mol. The molecule has 1 rings (SSSR count). The maximum atomic E-state index is 11.5. The lowest BCUT2D eigenvalue weighted by atomic mass is 9.69. The second kappa shape index (κ2) is 4.97. The fourth-order valence-corrected chi connectivity index (χ4v) is 2.69. The summed E-state index contributed by atoms with van der Waals surface area (Å²) in [6.07, 6.45) is 5.10. The summed E-state index contributed by atoms with van der Waals surface area (Å²) in [5.41, 5.74) is -0.690. The zero-order valence-corrected chi connectivity index (χ0v) is 9.70. The van der Waals surface area contributed by atoms with Gasteiger partial charge in [-0.15, -0.1) is 0 Å². The molecule has 0 spiro atoms. The Bertz CT molecular complexity index is 215. The van der Waals surface area contributed by atoms with E-state index in [2.05, 4.69) is 0 Å². The van der Waals surface area contributed by atoms with E-state index in [9.17, 15) is 15.0 Å². The van der Waals surface area contributed by atoms with E-state index in [4.69, 9.17) is 0 Å². The highest BCUT2D eigenvalue weighted by molar-refractivity contribution is 5.75. The lowest BCUT2D eigenvalue weighted by Gasteiger charge is -2.36. The summed E-state index contributed by atoms with van der Waals surface area (Å²) < 4.78 is 0. The molecular weight excluding hydrogens is 192 g/mol. The second-order valence-corrected chi connectivity index (χ2v) is 4.90. The van der Waals surface area contributed by atoms with Crippen LogP contribution in [0.5, 0.6) is 0 Å². The predicted octanol–water partition coefficient (Wildman–Crippen LogP) is 2.43. The first kappa shape index (κ1) is 12.5. The van der Waals surface area contributed by atoms with Crippen molar-refractivity contribution in [2.24, 2.45) is 11.3 Å². The van der Waals surface area contributed by atoms with Crippen molar-refractivity contribution in [3.63, 3.8) is 0 Å². The monoisotopic (exact) mass is 214 g/mol. The number of aliphatic carboxylic acids is 1. The van der Waals surface area contributed by atoms with Gasteiger partial charge in [0.1, 0.15) is 0 Å². The summed E-state index contributed by atoms with van der Waals surface area (Å²) in [4.78, 5) is 11.5. The van der Waals surface area contributed by atoms with Crippen molar-refractivity contribution in [2.45, 2.75) is 58.5 Å². The van der Waals surface area contributed by atoms with Crippen molar-refractivity contribution >= 4 is 5.97 Å². The van der Waals surface area contributed by atoms with Crippen LogP contribution >= 0.6 is 0 Å². The summed E-state index contributed by atoms with van der Waals surface area (Å²) in [6.45, 7) is 3.56. The van der Waals surface area contributed by atoms with E-state index in [0.717, 1.165) is 25.7 Å². The van der Waals surface area contributed by atoms with Gasteiger partial charge in [-0.2, -0.15) is 0 Å². The quantitative estimate of drug-likeness (QED) is 0.709. The van der Waals surface area contributed by atoms with Crippen LogP contribution < -0.4 is 0 Å². The Morgan fingerprint density at radius 1 is 1.13 bits per heavy atom. The molecule has 15 heavy (non-hydrogen) atoms. The van der Waals surface area contributed by atoms with Crippen molar-refractivity contribution in [1.29, 1.82) is 0 Å². The zero-order valence-electron chi connectivity index (χ0n) is 9.70. The lowest BCUT2D eigenvalue weighted by Crippen LogP contribution is -2.41. The van der Waals surface area contributed by atoms with Crippen LogP contribution in [0.4, 0.5) is 0 Å². The fourth-order valence-electron chi connectivity index (χ4n) is 2.69. The van der Waals surface area contributed by atoms with Crippen molar-refractivity contribution in [2.75, 3.05) is 0 Å². The molecule has 1 aliphatic carbocycles. The Balaban J connectivity index is 2.89. The van der Waals surface area contributed by atoms with E-state index in [1.54, 1.807) is 6.92 Å². The highest BCUT2D eigenvalue weighted by Gasteiger charge is 2.45. The van der Waals surface area contributed by atoms with Gasteiger partial charge in [0.05, 0.1) is 11.5 Å². The van der Waals surface area contributed by atoms with Gasteiger partial charge >= 0.3 is 5.97 Å². The smallest absolute Gasteiger partial charge is 0.310 e. The Hall–Kier alpha value is -0.570. The van der Waals surface area contributed by atoms with Gasteiger partial charge in [-0.05, 0) is 25.7 Å². The molecule has 2 N–H and O–H groups in total. The first-order valence-corrected chi connectivity index (χ1v) is 5.92. The Morgan fingerprint density at radius 3 is 1.93 bits per heavy atom. The van der Waals surface area contributed by atoms with Crippen molar-refractivity contribution in [1.82, 2.24) is 0 Å². The minimum atomic E-state index is -0.724. The molecular formula is C12H22O3. The summed E-state index contributed by atoms with van der Waals surface area (Å²) >= 11 is 0. The summed E-state index contributed by atoms with van der Waals surface area (Å²) in [5.74, 6) is -0.883. The molecule has 0 saturated heterocycles. The van der Waals surface area contributed by atoms with Gasteiger partial charge in [-0.1, -0.05) is 32.6 Å². The molecule has 0 radical (unpaired) electrons. The third kappa shape index (κ3) is 2.51. The van der Waals surface area contributed by atoms with Gasteiger partial charge < -0.3 is 10.2 Å². The van der Waals surface area contributed by atoms with Gasteiger partial charge in [0, 0.05) is 0 Å². The van der Waals surface area contributed by atoms with E-state index in [0.29, 0.717) is 12.8 Å². The van der Waals surface area contributed by atoms with Gasteiger partial charge in [-0.3, -0.25) is 4.79 Å². The number of carbonyl (C=O) groups is 1. The zero-order chi connectivity index (χ0) is 11.5. The third-order valence-corrected chi connectivity index (χ3v) is 4.02. The first-order chi connectivity index (χ1) is 7.00. The molecule has 0 aromatic carbocycles.